The molecular weight excluding hydrogens is 448 g/mol. The molecule has 1 aromatic carbocycles. The molecule has 0 radical (unpaired) electrons. The van der Waals surface area contributed by atoms with Crippen LogP contribution >= 0.6 is 22.9 Å². The van der Waals surface area contributed by atoms with Gasteiger partial charge in [-0.1, -0.05) is 22.9 Å². The number of hydrogen-bond donors (Lipinski definition) is 5. The Kier molecular flexibility index (Phi) is 8.99. The maximum atomic E-state index is 14.4. The molecule has 0 aliphatic carbocycles. The molecule has 0 saturated heterocycles. The Morgan fingerprint density at radius 1 is 1.28 bits per heavy atom. The predicted molar refractivity (Wildman–Crippen MR) is 110 cm³/mol. The molecule has 8 nitrogen and oxygen atoms in total. The van der Waals surface area contributed by atoms with E-state index in [-0.39, 0.29) is 28.5 Å². The molecule has 0 spiro atoms. The van der Waals surface area contributed by atoms with Gasteiger partial charge in [0.05, 0.1) is 23.5 Å². The topological polar surface area (TPSA) is 129 Å². The number of halogens is 3. The van der Waals surface area contributed by atoms with Gasteiger partial charge in [0.1, 0.15) is 10.7 Å². The lowest BCUT2D eigenvalue weighted by Crippen LogP contribution is -2.39. The first kappa shape index (κ1) is 23.7. The van der Waals surface area contributed by atoms with Gasteiger partial charge in [-0.25, -0.2) is 17.8 Å². The molecule has 162 valence electrons. The van der Waals surface area contributed by atoms with Crippen molar-refractivity contribution in [2.24, 2.45) is 5.73 Å². The Bertz CT molecular complexity index is 910. The molecule has 0 fully saturated rings. The monoisotopic (exact) mass is 469 g/mol. The second-order valence-electron chi connectivity index (χ2n) is 6.04. The van der Waals surface area contributed by atoms with Crippen LogP contribution in [0.25, 0.3) is 0 Å². The number of aliphatic hydroxyl groups excluding tert-OH is 1. The summed E-state index contributed by atoms with van der Waals surface area (Å²) < 4.78 is 54.0. The molecule has 6 N–H and O–H groups in total. The van der Waals surface area contributed by atoms with Gasteiger partial charge in [-0.15, -0.1) is 0 Å². The van der Waals surface area contributed by atoms with Crippen LogP contribution in [0.15, 0.2) is 23.2 Å². The van der Waals surface area contributed by atoms with Crippen LogP contribution in [-0.2, 0) is 10.0 Å². The summed E-state index contributed by atoms with van der Waals surface area (Å²) in [4.78, 5) is 2.88. The Balaban J connectivity index is 1.93. The van der Waals surface area contributed by atoms with Crippen LogP contribution in [0.1, 0.15) is 12.8 Å². The average molecular weight is 470 g/mol. The molecule has 29 heavy (non-hydrogen) atoms. The molecule has 0 aliphatic heterocycles. The lowest BCUT2D eigenvalue weighted by atomic mass is 10.2. The van der Waals surface area contributed by atoms with Crippen molar-refractivity contribution in [1.82, 2.24) is 10.3 Å². The van der Waals surface area contributed by atoms with Crippen LogP contribution in [0, 0.1) is 10.9 Å². The summed E-state index contributed by atoms with van der Waals surface area (Å²) in [5, 5.41) is 14.2. The van der Waals surface area contributed by atoms with Crippen molar-refractivity contribution >= 4 is 43.8 Å². The number of aliphatic hydroxyl groups is 1. The molecule has 0 unspecified atom stereocenters. The van der Waals surface area contributed by atoms with Crippen molar-refractivity contribution in [1.29, 1.82) is 0 Å². The molecule has 0 saturated carbocycles. The lowest BCUT2D eigenvalue weighted by Gasteiger charge is -2.14. The molecule has 1 atom stereocenters. The maximum Gasteiger partial charge on any atom is 0.266 e. The van der Waals surface area contributed by atoms with E-state index in [0.29, 0.717) is 31.0 Å². The standard InChI is InChI=1S/C16H22ClF2N5O3S2/c17-11-5-14(29(26,27)24-16-23-8-15(19)28-16)12(18)6-13(11)22-4-2-1-3-21-10(7-20)9-25/h5-6,8,10,21-22,25H,1-4,7,9,20H2,(H,23,24)/t10-/m0/s1. The fourth-order valence-electron chi connectivity index (χ4n) is 2.34. The summed E-state index contributed by atoms with van der Waals surface area (Å²) in [6, 6.07) is 1.84. The van der Waals surface area contributed by atoms with Gasteiger partial charge in [0.25, 0.3) is 10.0 Å². The first-order valence-electron chi connectivity index (χ1n) is 8.68. The second-order valence-corrected chi connectivity index (χ2v) is 9.08. The fraction of sp³-hybridized carbons (Fsp3) is 0.438. The van der Waals surface area contributed by atoms with Crippen molar-refractivity contribution in [3.63, 3.8) is 0 Å². The Morgan fingerprint density at radius 2 is 2.00 bits per heavy atom. The number of sulfonamides is 1. The zero-order valence-corrected chi connectivity index (χ0v) is 17.7. The van der Waals surface area contributed by atoms with Gasteiger partial charge >= 0.3 is 0 Å². The summed E-state index contributed by atoms with van der Waals surface area (Å²) in [7, 11) is -4.31. The molecule has 2 aromatic rings. The molecular formula is C16H22ClF2N5O3S2. The zero-order chi connectivity index (χ0) is 21.4. The highest BCUT2D eigenvalue weighted by Gasteiger charge is 2.23. The predicted octanol–water partition coefficient (Wildman–Crippen LogP) is 1.98. The average Bonchev–Trinajstić information content (AvgIpc) is 3.07. The maximum absolute atomic E-state index is 14.4. The number of nitrogens with two attached hydrogens (primary N) is 1. The first-order valence-corrected chi connectivity index (χ1v) is 11.4. The SMILES string of the molecule is NC[C@@H](CO)NCCCCNc1cc(F)c(S(=O)(=O)Nc2ncc(F)s2)cc1Cl. The van der Waals surface area contributed by atoms with Crippen molar-refractivity contribution in [2.75, 3.05) is 36.3 Å². The van der Waals surface area contributed by atoms with Crippen LogP contribution in [0.4, 0.5) is 19.6 Å². The minimum Gasteiger partial charge on any atom is -0.395 e. The largest absolute Gasteiger partial charge is 0.395 e. The summed E-state index contributed by atoms with van der Waals surface area (Å²) in [6.07, 6.45) is 2.36. The van der Waals surface area contributed by atoms with E-state index in [2.05, 4.69) is 15.6 Å². The van der Waals surface area contributed by atoms with Gasteiger partial charge in [-0.3, -0.25) is 4.72 Å². The minimum atomic E-state index is -4.31. The zero-order valence-electron chi connectivity index (χ0n) is 15.3. The first-order chi connectivity index (χ1) is 13.8. The Morgan fingerprint density at radius 3 is 2.62 bits per heavy atom. The molecule has 0 bridgehead atoms. The number of rotatable bonds is 12. The van der Waals surface area contributed by atoms with Gasteiger partial charge in [-0.05, 0) is 31.5 Å². The highest BCUT2D eigenvalue weighted by molar-refractivity contribution is 7.93. The Labute approximate surface area is 176 Å². The highest BCUT2D eigenvalue weighted by Crippen LogP contribution is 2.29. The summed E-state index contributed by atoms with van der Waals surface area (Å²) >= 11 is 6.57. The number of thiazole rings is 1. The van der Waals surface area contributed by atoms with Gasteiger partial charge in [0.15, 0.2) is 10.3 Å². The normalized spacial score (nSPS) is 12.7. The van der Waals surface area contributed by atoms with E-state index in [9.17, 15) is 17.2 Å². The van der Waals surface area contributed by atoms with E-state index in [1.54, 1.807) is 0 Å². The summed E-state index contributed by atoms with van der Waals surface area (Å²) in [5.74, 6) is -1.00. The van der Waals surface area contributed by atoms with Crippen molar-refractivity contribution in [2.45, 2.75) is 23.8 Å². The van der Waals surface area contributed by atoms with E-state index < -0.39 is 25.9 Å². The number of hydrogen-bond acceptors (Lipinski definition) is 8. The fourth-order valence-corrected chi connectivity index (χ4v) is 4.51. The third kappa shape index (κ3) is 7.01. The number of benzene rings is 1. The molecule has 1 heterocycles. The van der Waals surface area contributed by atoms with Gasteiger partial charge in [0.2, 0.25) is 0 Å². The second kappa shape index (κ2) is 11.0. The lowest BCUT2D eigenvalue weighted by molar-refractivity contribution is 0.245. The van der Waals surface area contributed by atoms with E-state index in [1.165, 1.54) is 0 Å². The van der Waals surface area contributed by atoms with Crippen LogP contribution in [0.5, 0.6) is 0 Å². The summed E-state index contributed by atoms with van der Waals surface area (Å²) in [5.41, 5.74) is 5.72. The van der Waals surface area contributed by atoms with Crippen LogP contribution in [-0.4, -0.2) is 50.8 Å². The molecule has 0 aliphatic rings. The number of nitrogens with one attached hydrogen (secondary N) is 3. The molecule has 1 aromatic heterocycles. The van der Waals surface area contributed by atoms with Gasteiger partial charge < -0.3 is 21.5 Å². The molecule has 0 amide bonds. The third-order valence-corrected chi connectivity index (χ3v) is 6.36. The van der Waals surface area contributed by atoms with Gasteiger partial charge in [-0.2, -0.15) is 4.39 Å². The van der Waals surface area contributed by atoms with E-state index in [0.717, 1.165) is 31.2 Å². The smallest absolute Gasteiger partial charge is 0.266 e. The van der Waals surface area contributed by atoms with E-state index in [4.69, 9.17) is 22.4 Å². The van der Waals surface area contributed by atoms with Gasteiger partial charge in [0, 0.05) is 19.1 Å². The van der Waals surface area contributed by atoms with E-state index in [1.807, 2.05) is 4.72 Å². The number of anilines is 2. The number of unbranched alkanes of at least 4 members (excludes halogenated alkanes) is 1. The van der Waals surface area contributed by atoms with Crippen LogP contribution in [0.3, 0.4) is 0 Å². The quantitative estimate of drug-likeness (QED) is 0.300. The summed E-state index contributed by atoms with van der Waals surface area (Å²) in [6.45, 7) is 1.44. The minimum absolute atomic E-state index is 0.0266. The molecule has 13 heteroatoms. The van der Waals surface area contributed by atoms with Crippen molar-refractivity contribution in [3.8, 4) is 0 Å². The van der Waals surface area contributed by atoms with Crippen molar-refractivity contribution < 1.29 is 22.3 Å². The number of aromatic nitrogens is 1. The highest BCUT2D eigenvalue weighted by atomic mass is 35.5. The Hall–Kier alpha value is -1.57. The van der Waals surface area contributed by atoms with Crippen LogP contribution in [0.2, 0.25) is 5.02 Å². The van der Waals surface area contributed by atoms with Crippen LogP contribution < -0.4 is 21.1 Å². The van der Waals surface area contributed by atoms with Crippen molar-refractivity contribution in [3.05, 3.63) is 34.3 Å². The third-order valence-electron chi connectivity index (χ3n) is 3.87. The number of nitrogens with zero attached hydrogens (tertiary/aromatic N) is 1. The van der Waals surface area contributed by atoms with E-state index >= 15 is 0 Å². The molecule has 2 rings (SSSR count).